The monoisotopic (exact) mass is 360 g/mol. The van der Waals surface area contributed by atoms with E-state index in [4.69, 9.17) is 4.74 Å². The van der Waals surface area contributed by atoms with Crippen LogP contribution in [0.25, 0.3) is 0 Å². The Morgan fingerprint density at radius 1 is 0.741 bits per heavy atom. The summed E-state index contributed by atoms with van der Waals surface area (Å²) in [5.41, 5.74) is 2.20. The minimum absolute atomic E-state index is 0.240. The maximum atomic E-state index is 12.5. The summed E-state index contributed by atoms with van der Waals surface area (Å²) in [7, 11) is 0. The van der Waals surface area contributed by atoms with E-state index in [-0.39, 0.29) is 11.8 Å². The molecule has 2 amide bonds. The Balaban J connectivity index is 1.71. The van der Waals surface area contributed by atoms with E-state index in [1.165, 1.54) is 0 Å². The van der Waals surface area contributed by atoms with Gasteiger partial charge >= 0.3 is 0 Å². The number of ether oxygens (including phenoxy) is 1. The molecule has 2 N–H and O–H groups in total. The Bertz CT molecular complexity index is 939. The predicted octanol–water partition coefficient (Wildman–Crippen LogP) is 4.59. The highest BCUT2D eigenvalue weighted by atomic mass is 16.5. The van der Waals surface area contributed by atoms with E-state index >= 15 is 0 Å². The van der Waals surface area contributed by atoms with Crippen molar-refractivity contribution in [1.82, 2.24) is 0 Å². The number of nitrogens with one attached hydrogen (secondary N) is 2. The molecule has 0 atom stereocenters. The van der Waals surface area contributed by atoms with Gasteiger partial charge in [-0.15, -0.1) is 0 Å². The van der Waals surface area contributed by atoms with Gasteiger partial charge in [0.05, 0.1) is 6.61 Å². The van der Waals surface area contributed by atoms with Crippen molar-refractivity contribution in [3.05, 3.63) is 90.0 Å². The fraction of sp³-hybridized carbons (Fsp3) is 0.0909. The topological polar surface area (TPSA) is 67.4 Å². The largest absolute Gasteiger partial charge is 0.494 e. The van der Waals surface area contributed by atoms with Crippen LogP contribution in [0.2, 0.25) is 0 Å². The number of hydrogen-bond acceptors (Lipinski definition) is 3. The molecule has 3 aromatic rings. The number of para-hydroxylation sites is 1. The Hall–Kier alpha value is -3.60. The third kappa shape index (κ3) is 4.95. The van der Waals surface area contributed by atoms with Gasteiger partial charge in [0.2, 0.25) is 0 Å². The molecule has 3 aromatic carbocycles. The molecule has 5 heteroatoms. The van der Waals surface area contributed by atoms with Crippen LogP contribution in [0.1, 0.15) is 27.6 Å². The lowest BCUT2D eigenvalue weighted by Gasteiger charge is -2.09. The Morgan fingerprint density at radius 3 is 2.04 bits per heavy atom. The first-order chi connectivity index (χ1) is 13.2. The van der Waals surface area contributed by atoms with Crippen LogP contribution in [0.15, 0.2) is 78.9 Å². The molecule has 0 spiro atoms. The van der Waals surface area contributed by atoms with Crippen molar-refractivity contribution >= 4 is 23.2 Å². The smallest absolute Gasteiger partial charge is 0.255 e. The van der Waals surface area contributed by atoms with Crippen molar-refractivity contribution < 1.29 is 14.3 Å². The van der Waals surface area contributed by atoms with Gasteiger partial charge in [-0.05, 0) is 55.5 Å². The molecule has 136 valence electrons. The van der Waals surface area contributed by atoms with Gasteiger partial charge in [0.15, 0.2) is 0 Å². The highest BCUT2D eigenvalue weighted by Gasteiger charge is 2.10. The lowest BCUT2D eigenvalue weighted by atomic mass is 10.1. The summed E-state index contributed by atoms with van der Waals surface area (Å²) in [6, 6.07) is 23.0. The summed E-state index contributed by atoms with van der Waals surface area (Å²) in [5, 5.41) is 5.64. The molecular formula is C22H20N2O3. The number of amides is 2. The van der Waals surface area contributed by atoms with Gasteiger partial charge in [0.1, 0.15) is 5.75 Å². The molecule has 0 radical (unpaired) electrons. The Morgan fingerprint density at radius 2 is 1.33 bits per heavy atom. The van der Waals surface area contributed by atoms with Gasteiger partial charge in [-0.25, -0.2) is 0 Å². The number of carbonyl (C=O) groups is 2. The fourth-order valence-corrected chi connectivity index (χ4v) is 2.56. The zero-order valence-electron chi connectivity index (χ0n) is 14.9. The number of carbonyl (C=O) groups excluding carboxylic acids is 2. The minimum atomic E-state index is -0.267. The molecule has 27 heavy (non-hydrogen) atoms. The number of benzene rings is 3. The van der Waals surface area contributed by atoms with Crippen LogP contribution in [-0.2, 0) is 0 Å². The van der Waals surface area contributed by atoms with Crippen LogP contribution in [-0.4, -0.2) is 18.4 Å². The van der Waals surface area contributed by atoms with E-state index in [0.717, 1.165) is 0 Å². The first-order valence-corrected chi connectivity index (χ1v) is 8.66. The molecular weight excluding hydrogens is 340 g/mol. The SMILES string of the molecule is CCOc1cccc(C(=O)Nc2cccc(C(=O)Nc3ccccc3)c2)c1. The summed E-state index contributed by atoms with van der Waals surface area (Å²) in [6.45, 7) is 2.42. The molecule has 0 aliphatic rings. The van der Waals surface area contributed by atoms with Crippen molar-refractivity contribution in [2.75, 3.05) is 17.2 Å². The van der Waals surface area contributed by atoms with Crippen molar-refractivity contribution in [3.63, 3.8) is 0 Å². The second-order valence-electron chi connectivity index (χ2n) is 5.82. The van der Waals surface area contributed by atoms with Gasteiger partial charge in [-0.3, -0.25) is 9.59 Å². The lowest BCUT2D eigenvalue weighted by Crippen LogP contribution is -2.14. The van der Waals surface area contributed by atoms with Gasteiger partial charge in [-0.1, -0.05) is 30.3 Å². The van der Waals surface area contributed by atoms with Crippen molar-refractivity contribution in [1.29, 1.82) is 0 Å². The quantitative estimate of drug-likeness (QED) is 0.676. The molecule has 0 aromatic heterocycles. The Kier molecular flexibility index (Phi) is 5.84. The predicted molar refractivity (Wildman–Crippen MR) is 106 cm³/mol. The first-order valence-electron chi connectivity index (χ1n) is 8.66. The molecule has 0 fully saturated rings. The highest BCUT2D eigenvalue weighted by Crippen LogP contribution is 2.17. The molecule has 0 saturated heterocycles. The average Bonchev–Trinajstić information content (AvgIpc) is 2.69. The maximum Gasteiger partial charge on any atom is 0.255 e. The molecule has 0 aliphatic carbocycles. The second-order valence-corrected chi connectivity index (χ2v) is 5.82. The fourth-order valence-electron chi connectivity index (χ4n) is 2.56. The van der Waals surface area contributed by atoms with E-state index < -0.39 is 0 Å². The second kappa shape index (κ2) is 8.67. The number of hydrogen-bond donors (Lipinski definition) is 2. The summed E-state index contributed by atoms with van der Waals surface area (Å²) >= 11 is 0. The zero-order chi connectivity index (χ0) is 19.1. The summed E-state index contributed by atoms with van der Waals surface area (Å²) in [5.74, 6) is 0.133. The normalized spacial score (nSPS) is 10.1. The summed E-state index contributed by atoms with van der Waals surface area (Å²) in [6.07, 6.45) is 0. The highest BCUT2D eigenvalue weighted by molar-refractivity contribution is 6.07. The van der Waals surface area contributed by atoms with Crippen molar-refractivity contribution in [3.8, 4) is 5.75 Å². The summed E-state index contributed by atoms with van der Waals surface area (Å²) in [4.78, 5) is 24.9. The minimum Gasteiger partial charge on any atom is -0.494 e. The van der Waals surface area contributed by atoms with Crippen LogP contribution in [0.5, 0.6) is 5.75 Å². The molecule has 3 rings (SSSR count). The standard InChI is InChI=1S/C22H20N2O3/c1-2-27-20-13-7-9-17(15-20)22(26)24-19-12-6-8-16(14-19)21(25)23-18-10-4-3-5-11-18/h3-15H,2H2,1H3,(H,23,25)(H,24,26). The molecule has 0 aliphatic heterocycles. The molecule has 0 saturated carbocycles. The van der Waals surface area contributed by atoms with E-state index in [2.05, 4.69) is 10.6 Å². The third-order valence-electron chi connectivity index (χ3n) is 3.82. The van der Waals surface area contributed by atoms with Crippen LogP contribution < -0.4 is 15.4 Å². The van der Waals surface area contributed by atoms with E-state index in [9.17, 15) is 9.59 Å². The number of rotatable bonds is 6. The van der Waals surface area contributed by atoms with Crippen molar-refractivity contribution in [2.24, 2.45) is 0 Å². The van der Waals surface area contributed by atoms with Crippen LogP contribution in [0.3, 0.4) is 0 Å². The lowest BCUT2D eigenvalue weighted by molar-refractivity contribution is 0.101. The molecule has 5 nitrogen and oxygen atoms in total. The van der Waals surface area contributed by atoms with Gasteiger partial charge in [0, 0.05) is 22.5 Å². The van der Waals surface area contributed by atoms with Crippen LogP contribution in [0.4, 0.5) is 11.4 Å². The van der Waals surface area contributed by atoms with E-state index in [0.29, 0.717) is 34.9 Å². The first kappa shape index (κ1) is 18.2. The van der Waals surface area contributed by atoms with Crippen molar-refractivity contribution in [2.45, 2.75) is 6.92 Å². The number of anilines is 2. The summed E-state index contributed by atoms with van der Waals surface area (Å²) < 4.78 is 5.42. The Labute approximate surface area is 158 Å². The van der Waals surface area contributed by atoms with Gasteiger partial charge in [-0.2, -0.15) is 0 Å². The molecule has 0 unspecified atom stereocenters. The van der Waals surface area contributed by atoms with E-state index in [1.54, 1.807) is 48.5 Å². The van der Waals surface area contributed by atoms with Gasteiger partial charge in [0.25, 0.3) is 11.8 Å². The van der Waals surface area contributed by atoms with Crippen LogP contribution in [0, 0.1) is 0 Å². The van der Waals surface area contributed by atoms with E-state index in [1.807, 2.05) is 37.3 Å². The van der Waals surface area contributed by atoms with Crippen LogP contribution >= 0.6 is 0 Å². The molecule has 0 heterocycles. The maximum absolute atomic E-state index is 12.5. The zero-order valence-corrected chi connectivity index (χ0v) is 14.9. The average molecular weight is 360 g/mol. The third-order valence-corrected chi connectivity index (χ3v) is 3.82. The van der Waals surface area contributed by atoms with Gasteiger partial charge < -0.3 is 15.4 Å². The molecule has 0 bridgehead atoms.